The Balaban J connectivity index is 6.72. The topological polar surface area (TPSA) is 112 Å². The number of carbonyl (C=O) groups excluding carboxylic acids is 3. The van der Waals surface area contributed by atoms with Gasteiger partial charge in [0.2, 0.25) is 0 Å². The molecule has 0 aromatic rings. The van der Waals surface area contributed by atoms with Gasteiger partial charge in [-0.15, -0.1) is 0 Å². The van der Waals surface area contributed by atoms with E-state index >= 15 is 0 Å². The van der Waals surface area contributed by atoms with Crippen molar-refractivity contribution in [2.45, 2.75) is 6.42 Å². The lowest BCUT2D eigenvalue weighted by atomic mass is 9.55. The zero-order valence-electron chi connectivity index (χ0n) is 11.7. The molecule has 0 spiro atoms. The first-order chi connectivity index (χ1) is 9.88. The minimum absolute atomic E-state index is 0.348. The number of rotatable bonds is 11. The average molecular weight is 296 g/mol. The van der Waals surface area contributed by atoms with Crippen LogP contribution in [0.1, 0.15) is 6.42 Å². The van der Waals surface area contributed by atoms with Crippen LogP contribution in [0.25, 0.3) is 0 Å². The highest BCUT2D eigenvalue weighted by Crippen LogP contribution is 2.45. The quantitative estimate of drug-likeness (QED) is 0.353. The Kier molecular flexibility index (Phi) is 7.08. The van der Waals surface area contributed by atoms with Crippen LogP contribution in [-0.2, 0) is 14.4 Å². The van der Waals surface area contributed by atoms with Gasteiger partial charge in [-0.25, -0.2) is 0 Å². The first-order valence-electron chi connectivity index (χ1n) is 6.21. The maximum atomic E-state index is 12.3. The van der Waals surface area contributed by atoms with E-state index < -0.39 is 48.0 Å². The molecule has 0 rings (SSSR count). The summed E-state index contributed by atoms with van der Waals surface area (Å²) in [4.78, 5) is 36.9. The third-order valence-electron chi connectivity index (χ3n) is 3.66. The Hall–Kier alpha value is -1.89. The van der Waals surface area contributed by atoms with E-state index in [1.165, 1.54) is 0 Å². The third-order valence-corrected chi connectivity index (χ3v) is 3.66. The lowest BCUT2D eigenvalue weighted by Gasteiger charge is -2.43. The van der Waals surface area contributed by atoms with E-state index in [2.05, 4.69) is 19.7 Å². The molecule has 3 N–H and O–H groups in total. The van der Waals surface area contributed by atoms with Crippen molar-refractivity contribution >= 4 is 17.3 Å². The summed E-state index contributed by atoms with van der Waals surface area (Å²) in [5.74, 6) is -2.98. The molecule has 0 bridgehead atoms. The summed E-state index contributed by atoms with van der Waals surface area (Å²) in [5, 5.41) is 28.4. The van der Waals surface area contributed by atoms with Crippen LogP contribution in [0.15, 0.2) is 38.0 Å². The SMILES string of the molecule is C=CC(=O)C(C(=O)C=C)(C(=O)C=C)C(CO)(CO)CCO. The summed E-state index contributed by atoms with van der Waals surface area (Å²) in [6.45, 7) is 7.46. The monoisotopic (exact) mass is 296 g/mol. The van der Waals surface area contributed by atoms with Crippen LogP contribution < -0.4 is 0 Å². The molecule has 0 aromatic carbocycles. The molecule has 0 fully saturated rings. The second-order valence-corrected chi connectivity index (χ2v) is 4.53. The van der Waals surface area contributed by atoms with Gasteiger partial charge in [-0.05, 0) is 24.6 Å². The molecule has 0 saturated heterocycles. The van der Waals surface area contributed by atoms with Crippen LogP contribution in [0, 0.1) is 10.8 Å². The molecule has 6 heteroatoms. The van der Waals surface area contributed by atoms with Gasteiger partial charge in [-0.2, -0.15) is 0 Å². The molecular formula is C15H20O6. The predicted molar refractivity (Wildman–Crippen MR) is 76.4 cm³/mol. The van der Waals surface area contributed by atoms with Crippen molar-refractivity contribution in [2.75, 3.05) is 19.8 Å². The number of hydrogen-bond donors (Lipinski definition) is 3. The van der Waals surface area contributed by atoms with E-state index in [9.17, 15) is 24.6 Å². The van der Waals surface area contributed by atoms with Gasteiger partial charge in [0.1, 0.15) is 0 Å². The summed E-state index contributed by atoms with van der Waals surface area (Å²) < 4.78 is 0. The highest BCUT2D eigenvalue weighted by molar-refractivity contribution is 6.32. The van der Waals surface area contributed by atoms with E-state index in [4.69, 9.17) is 5.11 Å². The first kappa shape index (κ1) is 19.1. The van der Waals surface area contributed by atoms with Crippen LogP contribution in [0.5, 0.6) is 0 Å². The molecule has 0 radical (unpaired) electrons. The van der Waals surface area contributed by atoms with Gasteiger partial charge in [-0.3, -0.25) is 14.4 Å². The fraction of sp³-hybridized carbons (Fsp3) is 0.400. The fourth-order valence-electron chi connectivity index (χ4n) is 2.45. The molecule has 6 nitrogen and oxygen atoms in total. The van der Waals surface area contributed by atoms with E-state index in [1.807, 2.05) is 0 Å². The van der Waals surface area contributed by atoms with Crippen LogP contribution in [0.3, 0.4) is 0 Å². The third kappa shape index (κ3) is 2.78. The molecule has 0 heterocycles. The Bertz CT molecular complexity index is 408. The highest BCUT2D eigenvalue weighted by Gasteiger charge is 2.62. The van der Waals surface area contributed by atoms with Crippen molar-refractivity contribution < 1.29 is 29.7 Å². The smallest absolute Gasteiger partial charge is 0.177 e. The van der Waals surface area contributed by atoms with Gasteiger partial charge < -0.3 is 15.3 Å². The number of hydrogen-bond acceptors (Lipinski definition) is 6. The highest BCUT2D eigenvalue weighted by atomic mass is 16.3. The number of ketones is 3. The lowest BCUT2D eigenvalue weighted by Crippen LogP contribution is -2.60. The van der Waals surface area contributed by atoms with Crippen molar-refractivity contribution in [3.63, 3.8) is 0 Å². The minimum atomic E-state index is -2.44. The zero-order chi connectivity index (χ0) is 16.7. The number of aliphatic hydroxyl groups is 3. The van der Waals surface area contributed by atoms with Crippen LogP contribution in [0.2, 0.25) is 0 Å². The number of allylic oxidation sites excluding steroid dienone is 3. The van der Waals surface area contributed by atoms with Gasteiger partial charge in [-0.1, -0.05) is 19.7 Å². The van der Waals surface area contributed by atoms with Gasteiger partial charge in [0.15, 0.2) is 22.8 Å². The molecule has 0 aromatic heterocycles. The normalized spacial score (nSPS) is 11.6. The molecule has 21 heavy (non-hydrogen) atoms. The van der Waals surface area contributed by atoms with Gasteiger partial charge >= 0.3 is 0 Å². The minimum Gasteiger partial charge on any atom is -0.396 e. The molecular weight excluding hydrogens is 276 g/mol. The van der Waals surface area contributed by atoms with Crippen molar-refractivity contribution in [1.82, 2.24) is 0 Å². The second kappa shape index (κ2) is 7.78. The van der Waals surface area contributed by atoms with E-state index in [-0.39, 0.29) is 6.42 Å². The molecule has 0 aliphatic carbocycles. The van der Waals surface area contributed by atoms with Crippen molar-refractivity contribution in [1.29, 1.82) is 0 Å². The first-order valence-corrected chi connectivity index (χ1v) is 6.21. The van der Waals surface area contributed by atoms with Crippen molar-refractivity contribution in [3.8, 4) is 0 Å². The average Bonchev–Trinajstić information content (AvgIpc) is 2.52. The van der Waals surface area contributed by atoms with Crippen LogP contribution >= 0.6 is 0 Å². The van der Waals surface area contributed by atoms with Crippen molar-refractivity contribution in [3.05, 3.63) is 38.0 Å². The Morgan fingerprint density at radius 1 is 0.810 bits per heavy atom. The molecule has 0 unspecified atom stereocenters. The largest absolute Gasteiger partial charge is 0.396 e. The maximum Gasteiger partial charge on any atom is 0.177 e. The van der Waals surface area contributed by atoms with Crippen LogP contribution in [-0.4, -0.2) is 52.5 Å². The Morgan fingerprint density at radius 3 is 1.33 bits per heavy atom. The molecule has 0 atom stereocenters. The van der Waals surface area contributed by atoms with E-state index in [1.54, 1.807) is 0 Å². The molecule has 116 valence electrons. The lowest BCUT2D eigenvalue weighted by molar-refractivity contribution is -0.160. The summed E-state index contributed by atoms with van der Waals surface area (Å²) >= 11 is 0. The van der Waals surface area contributed by atoms with Crippen molar-refractivity contribution in [2.24, 2.45) is 10.8 Å². The Morgan fingerprint density at radius 2 is 1.14 bits per heavy atom. The summed E-state index contributed by atoms with van der Waals surface area (Å²) in [6.07, 6.45) is 1.94. The second-order valence-electron chi connectivity index (χ2n) is 4.53. The van der Waals surface area contributed by atoms with Gasteiger partial charge in [0.05, 0.1) is 13.2 Å². The Labute approximate surface area is 123 Å². The van der Waals surface area contributed by atoms with Gasteiger partial charge in [0.25, 0.3) is 0 Å². The van der Waals surface area contributed by atoms with Crippen LogP contribution in [0.4, 0.5) is 0 Å². The zero-order valence-corrected chi connectivity index (χ0v) is 11.7. The summed E-state index contributed by atoms with van der Waals surface area (Å²) in [5.41, 5.74) is -4.33. The number of carbonyl (C=O) groups is 3. The van der Waals surface area contributed by atoms with E-state index in [0.29, 0.717) is 0 Å². The molecule has 0 saturated carbocycles. The number of aliphatic hydroxyl groups excluding tert-OH is 3. The summed E-state index contributed by atoms with van der Waals surface area (Å²) in [7, 11) is 0. The molecule has 0 amide bonds. The standard InChI is InChI=1S/C15H20O6/c1-4-11(19)15(12(20)5-2,13(21)6-3)14(9-17,10-18)7-8-16/h4-6,16-18H,1-3,7-10H2. The van der Waals surface area contributed by atoms with E-state index in [0.717, 1.165) is 18.2 Å². The summed E-state index contributed by atoms with van der Waals surface area (Å²) in [6, 6.07) is 0. The predicted octanol–water partition coefficient (Wildman–Crippen LogP) is -0.409. The maximum absolute atomic E-state index is 12.3. The molecule has 0 aliphatic rings. The van der Waals surface area contributed by atoms with Gasteiger partial charge in [0, 0.05) is 12.0 Å². The molecule has 0 aliphatic heterocycles. The fourth-order valence-corrected chi connectivity index (χ4v) is 2.45.